The standard InChI is InChI=1S/C17H21N3O4/c1-17(8-23-12-24-9-17)16(21)15(20-11-18-10-19-20)7-13-3-5-14(22-2)6-4-13/h3-6,10-11,21H,7-9,12H2,1-2H3. The molecule has 7 heteroatoms. The minimum absolute atomic E-state index is 0.198. The number of hydrogen-bond acceptors (Lipinski definition) is 6. The summed E-state index contributed by atoms with van der Waals surface area (Å²) in [5, 5.41) is 15.1. The van der Waals surface area contributed by atoms with Crippen LogP contribution in [-0.4, -0.2) is 47.0 Å². The first-order valence-electron chi connectivity index (χ1n) is 7.68. The maximum Gasteiger partial charge on any atom is 0.146 e. The third kappa shape index (κ3) is 3.42. The molecule has 128 valence electrons. The minimum Gasteiger partial charge on any atom is -0.510 e. The van der Waals surface area contributed by atoms with Crippen LogP contribution in [0.2, 0.25) is 0 Å². The predicted octanol–water partition coefficient (Wildman–Crippen LogP) is 2.27. The molecule has 7 nitrogen and oxygen atoms in total. The Hall–Kier alpha value is -2.38. The molecule has 0 spiro atoms. The van der Waals surface area contributed by atoms with E-state index in [1.807, 2.05) is 31.2 Å². The van der Waals surface area contributed by atoms with Crippen molar-refractivity contribution >= 4 is 5.70 Å². The summed E-state index contributed by atoms with van der Waals surface area (Å²) >= 11 is 0. The van der Waals surface area contributed by atoms with E-state index in [0.29, 0.717) is 25.3 Å². The van der Waals surface area contributed by atoms with Crippen molar-refractivity contribution in [3.8, 4) is 5.75 Å². The van der Waals surface area contributed by atoms with E-state index < -0.39 is 5.41 Å². The smallest absolute Gasteiger partial charge is 0.146 e. The summed E-state index contributed by atoms with van der Waals surface area (Å²) in [6.45, 7) is 2.94. The first kappa shape index (κ1) is 16.5. The van der Waals surface area contributed by atoms with Crippen LogP contribution < -0.4 is 4.74 Å². The Morgan fingerprint density at radius 1 is 1.29 bits per heavy atom. The van der Waals surface area contributed by atoms with Gasteiger partial charge in [-0.05, 0) is 24.6 Å². The van der Waals surface area contributed by atoms with Crippen LogP contribution in [0, 0.1) is 5.41 Å². The number of allylic oxidation sites excluding steroid dienone is 1. The number of benzene rings is 1. The fraction of sp³-hybridized carbons (Fsp3) is 0.412. The summed E-state index contributed by atoms with van der Waals surface area (Å²) < 4.78 is 17.5. The van der Waals surface area contributed by atoms with Crippen LogP contribution in [0.25, 0.3) is 5.70 Å². The predicted molar refractivity (Wildman–Crippen MR) is 87.4 cm³/mol. The number of aliphatic hydroxyl groups is 1. The van der Waals surface area contributed by atoms with Gasteiger partial charge in [-0.25, -0.2) is 9.67 Å². The van der Waals surface area contributed by atoms with Gasteiger partial charge in [0, 0.05) is 6.42 Å². The Morgan fingerprint density at radius 3 is 2.58 bits per heavy atom. The van der Waals surface area contributed by atoms with Crippen molar-refractivity contribution < 1.29 is 19.3 Å². The highest BCUT2D eigenvalue weighted by Gasteiger charge is 2.36. The van der Waals surface area contributed by atoms with Gasteiger partial charge in [-0.2, -0.15) is 5.10 Å². The summed E-state index contributed by atoms with van der Waals surface area (Å²) in [5.74, 6) is 0.985. The number of rotatable bonds is 5. The number of methoxy groups -OCH3 is 1. The Kier molecular flexibility index (Phi) is 4.82. The van der Waals surface area contributed by atoms with E-state index in [1.165, 1.54) is 6.33 Å². The van der Waals surface area contributed by atoms with Crippen LogP contribution in [0.15, 0.2) is 42.7 Å². The van der Waals surface area contributed by atoms with Crippen molar-refractivity contribution in [1.29, 1.82) is 0 Å². The second kappa shape index (κ2) is 7.02. The first-order chi connectivity index (χ1) is 11.6. The molecule has 1 aromatic carbocycles. The molecule has 1 fully saturated rings. The third-order valence-corrected chi connectivity index (χ3v) is 4.08. The highest BCUT2D eigenvalue weighted by atomic mass is 16.7. The van der Waals surface area contributed by atoms with Gasteiger partial charge in [0.1, 0.15) is 31.0 Å². The number of aliphatic hydroxyl groups excluding tert-OH is 1. The lowest BCUT2D eigenvalue weighted by atomic mass is 9.87. The molecule has 1 N–H and O–H groups in total. The van der Waals surface area contributed by atoms with Gasteiger partial charge < -0.3 is 19.3 Å². The van der Waals surface area contributed by atoms with E-state index in [2.05, 4.69) is 10.1 Å². The number of ether oxygens (including phenoxy) is 3. The maximum atomic E-state index is 10.9. The topological polar surface area (TPSA) is 78.6 Å². The number of aromatic nitrogens is 3. The van der Waals surface area contributed by atoms with Crippen LogP contribution >= 0.6 is 0 Å². The Balaban J connectivity index is 1.95. The van der Waals surface area contributed by atoms with Crippen LogP contribution in [0.5, 0.6) is 5.75 Å². The van der Waals surface area contributed by atoms with Crippen molar-refractivity contribution in [1.82, 2.24) is 14.8 Å². The van der Waals surface area contributed by atoms with Crippen molar-refractivity contribution in [2.75, 3.05) is 27.1 Å². The van der Waals surface area contributed by atoms with Crippen LogP contribution in [-0.2, 0) is 15.9 Å². The molecule has 0 bridgehead atoms. The monoisotopic (exact) mass is 331 g/mol. The van der Waals surface area contributed by atoms with Gasteiger partial charge in [-0.15, -0.1) is 0 Å². The van der Waals surface area contributed by atoms with E-state index >= 15 is 0 Å². The molecule has 1 aromatic heterocycles. The Labute approximate surface area is 140 Å². The highest BCUT2D eigenvalue weighted by molar-refractivity contribution is 5.53. The second-order valence-corrected chi connectivity index (χ2v) is 6.04. The van der Waals surface area contributed by atoms with Crippen molar-refractivity contribution in [2.45, 2.75) is 13.3 Å². The fourth-order valence-electron chi connectivity index (χ4n) is 2.68. The van der Waals surface area contributed by atoms with Crippen molar-refractivity contribution in [3.63, 3.8) is 0 Å². The van der Waals surface area contributed by atoms with Gasteiger partial charge in [-0.3, -0.25) is 0 Å². The Morgan fingerprint density at radius 2 is 2.00 bits per heavy atom. The van der Waals surface area contributed by atoms with Crippen molar-refractivity contribution in [3.05, 3.63) is 48.2 Å². The van der Waals surface area contributed by atoms with Gasteiger partial charge >= 0.3 is 0 Å². The normalized spacial score (nSPS) is 18.1. The van der Waals surface area contributed by atoms with Gasteiger partial charge in [-0.1, -0.05) is 12.1 Å². The molecular formula is C17H21N3O4. The largest absolute Gasteiger partial charge is 0.510 e. The summed E-state index contributed by atoms with van der Waals surface area (Å²) in [6.07, 6.45) is 3.51. The second-order valence-electron chi connectivity index (χ2n) is 6.04. The van der Waals surface area contributed by atoms with E-state index in [-0.39, 0.29) is 12.6 Å². The lowest BCUT2D eigenvalue weighted by Crippen LogP contribution is -2.37. The van der Waals surface area contributed by atoms with Gasteiger partial charge in [0.05, 0.1) is 31.4 Å². The average Bonchev–Trinajstić information content (AvgIpc) is 3.14. The molecule has 3 rings (SSSR count). The fourth-order valence-corrected chi connectivity index (χ4v) is 2.68. The molecule has 1 saturated heterocycles. The zero-order valence-corrected chi connectivity index (χ0v) is 13.8. The van der Waals surface area contributed by atoms with Gasteiger partial charge in [0.25, 0.3) is 0 Å². The minimum atomic E-state index is -0.619. The molecule has 0 saturated carbocycles. The maximum absolute atomic E-state index is 10.9. The molecule has 0 aliphatic carbocycles. The van der Waals surface area contributed by atoms with Crippen LogP contribution in [0.4, 0.5) is 0 Å². The van der Waals surface area contributed by atoms with E-state index in [9.17, 15) is 5.11 Å². The SMILES string of the molecule is COc1ccc(CC(=C(O)C2(C)COCOC2)n2cncn2)cc1. The summed E-state index contributed by atoms with van der Waals surface area (Å²) in [6, 6.07) is 7.69. The van der Waals surface area contributed by atoms with E-state index in [1.54, 1.807) is 18.1 Å². The molecule has 24 heavy (non-hydrogen) atoms. The van der Waals surface area contributed by atoms with Gasteiger partial charge in [0.2, 0.25) is 0 Å². The molecule has 0 unspecified atom stereocenters. The molecule has 2 heterocycles. The average molecular weight is 331 g/mol. The lowest BCUT2D eigenvalue weighted by molar-refractivity contribution is -0.155. The Bertz CT molecular complexity index is 689. The molecule has 1 aliphatic heterocycles. The molecular weight excluding hydrogens is 310 g/mol. The van der Waals surface area contributed by atoms with E-state index in [0.717, 1.165) is 11.3 Å². The zero-order chi connectivity index (χ0) is 17.0. The molecule has 0 radical (unpaired) electrons. The molecule has 2 aromatic rings. The third-order valence-electron chi connectivity index (χ3n) is 4.08. The van der Waals surface area contributed by atoms with Gasteiger partial charge in [0.15, 0.2) is 0 Å². The number of nitrogens with zero attached hydrogens (tertiary/aromatic N) is 3. The quantitative estimate of drug-likeness (QED) is 0.847. The molecule has 0 atom stereocenters. The molecule has 0 amide bonds. The zero-order valence-electron chi connectivity index (χ0n) is 13.8. The van der Waals surface area contributed by atoms with E-state index in [4.69, 9.17) is 14.2 Å². The van der Waals surface area contributed by atoms with Crippen LogP contribution in [0.1, 0.15) is 12.5 Å². The molecule has 1 aliphatic rings. The first-order valence-corrected chi connectivity index (χ1v) is 7.68. The van der Waals surface area contributed by atoms with Crippen LogP contribution in [0.3, 0.4) is 0 Å². The lowest BCUT2D eigenvalue weighted by Gasteiger charge is -2.33. The summed E-state index contributed by atoms with van der Waals surface area (Å²) in [7, 11) is 1.63. The highest BCUT2D eigenvalue weighted by Crippen LogP contribution is 2.33. The number of hydrogen-bond donors (Lipinski definition) is 1. The summed E-state index contributed by atoms with van der Waals surface area (Å²) in [5.41, 5.74) is 1.05. The summed E-state index contributed by atoms with van der Waals surface area (Å²) in [4.78, 5) is 3.99. The van der Waals surface area contributed by atoms with Crippen molar-refractivity contribution in [2.24, 2.45) is 5.41 Å².